The maximum absolute atomic E-state index is 13.6. The molecule has 4 rings (SSSR count). The Morgan fingerprint density at radius 1 is 1.25 bits per heavy atom. The molecule has 0 unspecified atom stereocenters. The molecule has 1 aromatic heterocycles. The number of benzene rings is 1. The Labute approximate surface area is 121 Å². The van der Waals surface area contributed by atoms with Crippen molar-refractivity contribution in [2.24, 2.45) is 0 Å². The summed E-state index contributed by atoms with van der Waals surface area (Å²) in [5.41, 5.74) is 7.66. The fourth-order valence-electron chi connectivity index (χ4n) is 2.67. The van der Waals surface area contributed by atoms with Crippen molar-refractivity contribution in [1.82, 2.24) is 9.55 Å². The van der Waals surface area contributed by atoms with Crippen molar-refractivity contribution in [3.63, 3.8) is 0 Å². The summed E-state index contributed by atoms with van der Waals surface area (Å²) in [6, 6.07) is 5.23. The standard InChI is InChI=1S/C15H15ClFN3/c16-11-6-3-9(7-12(11)17)13-14(18)20(10-4-5-10)15(19-13)8-1-2-8/h3,6-8,10H,1-2,4-5,18H2. The summed E-state index contributed by atoms with van der Waals surface area (Å²) in [7, 11) is 0. The Morgan fingerprint density at radius 3 is 2.60 bits per heavy atom. The number of halogens is 2. The highest BCUT2D eigenvalue weighted by Crippen LogP contribution is 2.48. The maximum Gasteiger partial charge on any atom is 0.142 e. The highest BCUT2D eigenvalue weighted by molar-refractivity contribution is 6.30. The minimum Gasteiger partial charge on any atom is -0.383 e. The molecule has 5 heteroatoms. The monoisotopic (exact) mass is 291 g/mol. The molecule has 2 aromatic rings. The Kier molecular flexibility index (Phi) is 2.58. The van der Waals surface area contributed by atoms with E-state index >= 15 is 0 Å². The number of hydrogen-bond donors (Lipinski definition) is 1. The van der Waals surface area contributed by atoms with Crippen LogP contribution < -0.4 is 5.73 Å². The molecule has 1 heterocycles. The Hall–Kier alpha value is -1.55. The van der Waals surface area contributed by atoms with Gasteiger partial charge in [-0.1, -0.05) is 17.7 Å². The number of nitrogens with zero attached hydrogens (tertiary/aromatic N) is 2. The van der Waals surface area contributed by atoms with Gasteiger partial charge >= 0.3 is 0 Å². The quantitative estimate of drug-likeness (QED) is 0.924. The van der Waals surface area contributed by atoms with Gasteiger partial charge in [0.2, 0.25) is 0 Å². The molecule has 0 atom stereocenters. The highest BCUT2D eigenvalue weighted by atomic mass is 35.5. The first-order chi connectivity index (χ1) is 9.65. The molecule has 0 spiro atoms. The predicted octanol–water partition coefficient (Wildman–Crippen LogP) is 4.14. The Morgan fingerprint density at radius 2 is 2.00 bits per heavy atom. The minimum atomic E-state index is -0.433. The van der Waals surface area contributed by atoms with Crippen molar-refractivity contribution in [3.05, 3.63) is 34.9 Å². The average Bonchev–Trinajstić information content (AvgIpc) is 3.32. The van der Waals surface area contributed by atoms with E-state index in [9.17, 15) is 4.39 Å². The van der Waals surface area contributed by atoms with Crippen molar-refractivity contribution in [2.75, 3.05) is 5.73 Å². The van der Waals surface area contributed by atoms with Gasteiger partial charge in [0.05, 0.1) is 5.02 Å². The van der Waals surface area contributed by atoms with Crippen LogP contribution in [0.15, 0.2) is 18.2 Å². The van der Waals surface area contributed by atoms with E-state index in [-0.39, 0.29) is 5.02 Å². The van der Waals surface area contributed by atoms with Crippen LogP contribution in [0.1, 0.15) is 43.5 Å². The van der Waals surface area contributed by atoms with Crippen LogP contribution in [0.5, 0.6) is 0 Å². The van der Waals surface area contributed by atoms with Crippen LogP contribution >= 0.6 is 11.6 Å². The normalized spacial score (nSPS) is 18.5. The van der Waals surface area contributed by atoms with Gasteiger partial charge in [-0.15, -0.1) is 0 Å². The SMILES string of the molecule is Nc1c(-c2ccc(Cl)c(F)c2)nc(C2CC2)n1C1CC1. The summed E-state index contributed by atoms with van der Waals surface area (Å²) in [5, 5.41) is 0.122. The predicted molar refractivity (Wildman–Crippen MR) is 77.3 cm³/mol. The molecule has 2 aliphatic carbocycles. The molecule has 3 nitrogen and oxygen atoms in total. The van der Waals surface area contributed by atoms with Gasteiger partial charge in [0.1, 0.15) is 23.2 Å². The summed E-state index contributed by atoms with van der Waals surface area (Å²) in [6.07, 6.45) is 4.68. The molecule has 2 N–H and O–H groups in total. The number of imidazole rings is 1. The zero-order valence-electron chi connectivity index (χ0n) is 10.9. The van der Waals surface area contributed by atoms with Crippen molar-refractivity contribution in [3.8, 4) is 11.3 Å². The van der Waals surface area contributed by atoms with Crippen LogP contribution in [0.4, 0.5) is 10.2 Å². The fraction of sp³-hybridized carbons (Fsp3) is 0.400. The second kappa shape index (κ2) is 4.22. The first-order valence-corrected chi connectivity index (χ1v) is 7.36. The van der Waals surface area contributed by atoms with Gasteiger partial charge in [0, 0.05) is 17.5 Å². The topological polar surface area (TPSA) is 43.8 Å². The molecule has 2 saturated carbocycles. The third kappa shape index (κ3) is 1.90. The van der Waals surface area contributed by atoms with Crippen molar-refractivity contribution in [2.45, 2.75) is 37.6 Å². The second-order valence-corrected chi connectivity index (χ2v) is 6.12. The lowest BCUT2D eigenvalue weighted by Gasteiger charge is -2.07. The molecule has 1 aromatic carbocycles. The van der Waals surface area contributed by atoms with Gasteiger partial charge in [0.15, 0.2) is 0 Å². The van der Waals surface area contributed by atoms with E-state index in [0.717, 1.165) is 18.7 Å². The lowest BCUT2D eigenvalue weighted by atomic mass is 10.1. The molecule has 104 valence electrons. The fourth-order valence-corrected chi connectivity index (χ4v) is 2.78. The van der Waals surface area contributed by atoms with Crippen molar-refractivity contribution < 1.29 is 4.39 Å². The van der Waals surface area contributed by atoms with Crippen LogP contribution in [0.25, 0.3) is 11.3 Å². The first-order valence-electron chi connectivity index (χ1n) is 6.98. The summed E-state index contributed by atoms with van der Waals surface area (Å²) < 4.78 is 15.8. The lowest BCUT2D eigenvalue weighted by Crippen LogP contribution is -2.04. The van der Waals surface area contributed by atoms with Crippen molar-refractivity contribution in [1.29, 1.82) is 0 Å². The number of nitrogen functional groups attached to an aromatic ring is 1. The Bertz CT molecular complexity index is 687. The zero-order valence-corrected chi connectivity index (χ0v) is 11.7. The van der Waals surface area contributed by atoms with E-state index in [1.54, 1.807) is 12.1 Å². The molecular formula is C15H15ClFN3. The second-order valence-electron chi connectivity index (χ2n) is 5.71. The van der Waals surface area contributed by atoms with Gasteiger partial charge < -0.3 is 10.3 Å². The third-order valence-corrected chi connectivity index (χ3v) is 4.33. The van der Waals surface area contributed by atoms with Crippen LogP contribution in [0, 0.1) is 5.82 Å². The number of anilines is 1. The molecule has 0 saturated heterocycles. The molecular weight excluding hydrogens is 277 g/mol. The largest absolute Gasteiger partial charge is 0.383 e. The number of nitrogens with two attached hydrogens (primary N) is 1. The number of aromatic nitrogens is 2. The molecule has 0 radical (unpaired) electrons. The van der Waals surface area contributed by atoms with Crippen molar-refractivity contribution >= 4 is 17.4 Å². The summed E-state index contributed by atoms with van der Waals surface area (Å²) >= 11 is 5.73. The van der Waals surface area contributed by atoms with Gasteiger partial charge in [-0.3, -0.25) is 0 Å². The smallest absolute Gasteiger partial charge is 0.142 e. The number of hydrogen-bond acceptors (Lipinski definition) is 2. The average molecular weight is 292 g/mol. The van der Waals surface area contributed by atoms with Gasteiger partial charge in [-0.2, -0.15) is 0 Å². The molecule has 2 fully saturated rings. The van der Waals surface area contributed by atoms with E-state index in [1.165, 1.54) is 18.9 Å². The van der Waals surface area contributed by atoms with Crippen LogP contribution in [-0.2, 0) is 0 Å². The van der Waals surface area contributed by atoms with Crippen LogP contribution in [0.2, 0.25) is 5.02 Å². The van der Waals surface area contributed by atoms with Crippen LogP contribution in [0.3, 0.4) is 0 Å². The maximum atomic E-state index is 13.6. The van der Waals surface area contributed by atoms with E-state index in [0.29, 0.717) is 29.0 Å². The minimum absolute atomic E-state index is 0.122. The van der Waals surface area contributed by atoms with Gasteiger partial charge in [-0.05, 0) is 37.8 Å². The lowest BCUT2D eigenvalue weighted by molar-refractivity contribution is 0.628. The van der Waals surface area contributed by atoms with Gasteiger partial charge in [0.25, 0.3) is 0 Å². The Balaban J connectivity index is 1.84. The molecule has 0 aliphatic heterocycles. The van der Waals surface area contributed by atoms with E-state index in [2.05, 4.69) is 4.57 Å². The summed E-state index contributed by atoms with van der Waals surface area (Å²) in [6.45, 7) is 0. The highest BCUT2D eigenvalue weighted by Gasteiger charge is 2.36. The molecule has 20 heavy (non-hydrogen) atoms. The number of rotatable bonds is 3. The molecule has 0 bridgehead atoms. The third-order valence-electron chi connectivity index (χ3n) is 4.02. The van der Waals surface area contributed by atoms with Gasteiger partial charge in [-0.25, -0.2) is 9.37 Å². The van der Waals surface area contributed by atoms with Crippen LogP contribution in [-0.4, -0.2) is 9.55 Å². The van der Waals surface area contributed by atoms with E-state index < -0.39 is 5.82 Å². The molecule has 2 aliphatic rings. The molecule has 0 amide bonds. The first kappa shape index (κ1) is 12.2. The summed E-state index contributed by atoms with van der Waals surface area (Å²) in [5.74, 6) is 1.84. The van der Waals surface area contributed by atoms with E-state index in [4.69, 9.17) is 22.3 Å². The van der Waals surface area contributed by atoms with E-state index in [1.807, 2.05) is 0 Å². The summed E-state index contributed by atoms with van der Waals surface area (Å²) in [4.78, 5) is 4.70. The zero-order chi connectivity index (χ0) is 13.9.